The van der Waals surface area contributed by atoms with Crippen LogP contribution in [-0.4, -0.2) is 36.6 Å². The molecule has 2 unspecified atom stereocenters. The largest absolute Gasteiger partial charge is 0.494 e. The molecule has 5 nitrogen and oxygen atoms in total. The van der Waals surface area contributed by atoms with Crippen molar-refractivity contribution < 1.29 is 18.6 Å². The average Bonchev–Trinajstić information content (AvgIpc) is 3.37. The summed E-state index contributed by atoms with van der Waals surface area (Å²) in [5, 5.41) is 0. The van der Waals surface area contributed by atoms with E-state index >= 15 is 0 Å². The summed E-state index contributed by atoms with van der Waals surface area (Å²) in [4.78, 5) is 2.51. The summed E-state index contributed by atoms with van der Waals surface area (Å²) in [6, 6.07) is 26.8. The van der Waals surface area contributed by atoms with Gasteiger partial charge in [0.2, 0.25) is 0 Å². The molecule has 0 radical (unpaired) electrons. The second-order valence-corrected chi connectivity index (χ2v) is 16.1. The molecule has 0 aliphatic carbocycles. The molecule has 47 heavy (non-hydrogen) atoms. The van der Waals surface area contributed by atoms with Gasteiger partial charge in [0.1, 0.15) is 0 Å². The van der Waals surface area contributed by atoms with Crippen molar-refractivity contribution in [3.8, 4) is 0 Å². The molecule has 254 valence electrons. The molecule has 2 fully saturated rings. The van der Waals surface area contributed by atoms with Crippen molar-refractivity contribution in [2.45, 2.75) is 144 Å². The molecule has 0 N–H and O–H groups in total. The van der Waals surface area contributed by atoms with Gasteiger partial charge in [0.05, 0.1) is 34.5 Å². The zero-order valence-corrected chi connectivity index (χ0v) is 31.8. The highest BCUT2D eigenvalue weighted by Crippen LogP contribution is 2.39. The second kappa shape index (κ2) is 13.4. The first-order valence-corrected chi connectivity index (χ1v) is 17.5. The smallest absolute Gasteiger partial charge is 0.399 e. The van der Waals surface area contributed by atoms with Crippen molar-refractivity contribution in [3.05, 3.63) is 89.5 Å². The Morgan fingerprint density at radius 2 is 0.809 bits per heavy atom. The van der Waals surface area contributed by atoms with Crippen LogP contribution in [0.4, 0.5) is 5.69 Å². The molecule has 0 aromatic heterocycles. The van der Waals surface area contributed by atoms with Crippen LogP contribution in [0.2, 0.25) is 0 Å². The molecule has 2 atom stereocenters. The van der Waals surface area contributed by atoms with E-state index in [0.29, 0.717) is 0 Å². The Labute approximate surface area is 287 Å². The first-order valence-electron chi connectivity index (χ1n) is 17.5. The van der Waals surface area contributed by atoms with Crippen LogP contribution in [0.3, 0.4) is 0 Å². The Morgan fingerprint density at radius 1 is 0.511 bits per heavy atom. The predicted octanol–water partition coefficient (Wildman–Crippen LogP) is 8.94. The summed E-state index contributed by atoms with van der Waals surface area (Å²) in [6.45, 7) is 32.1. The lowest BCUT2D eigenvalue weighted by Gasteiger charge is -2.38. The lowest BCUT2D eigenvalue weighted by molar-refractivity contribution is 0.00578. The topological polar surface area (TPSA) is 40.2 Å². The minimum atomic E-state index is -0.373. The van der Waals surface area contributed by atoms with Crippen LogP contribution in [0.25, 0.3) is 0 Å². The van der Waals surface area contributed by atoms with E-state index in [1.807, 2.05) is 13.8 Å². The maximum Gasteiger partial charge on any atom is 0.494 e. The fraction of sp³-hybridized carbons (Fsp3) is 0.550. The third-order valence-electron chi connectivity index (χ3n) is 10.8. The Morgan fingerprint density at radius 3 is 1.09 bits per heavy atom. The standard InChI is InChI=1S/C38H53B2NO4.C2H6/c1-26(28-14-20-31(21-15-28)39-42-35(6,7)36(8,9)43-39)41(33-24-18-30(19-25-33)34(3,4)5)27(2)29-16-22-32(23-17-29)40-44-37(10,11)38(12,13)45-40;1-2/h14-27H,1-13H3;1-2H3. The highest BCUT2D eigenvalue weighted by Gasteiger charge is 2.52. The van der Waals surface area contributed by atoms with E-state index in [1.54, 1.807) is 0 Å². The van der Waals surface area contributed by atoms with E-state index in [0.717, 1.165) is 10.9 Å². The summed E-state index contributed by atoms with van der Waals surface area (Å²) in [5.41, 5.74) is 5.67. The Kier molecular flexibility index (Phi) is 10.6. The first kappa shape index (κ1) is 37.3. The van der Waals surface area contributed by atoms with Gasteiger partial charge in [-0.05, 0) is 114 Å². The summed E-state index contributed by atoms with van der Waals surface area (Å²) < 4.78 is 25.3. The van der Waals surface area contributed by atoms with Crippen molar-refractivity contribution in [2.75, 3.05) is 4.90 Å². The lowest BCUT2D eigenvalue weighted by Crippen LogP contribution is -2.41. The molecule has 2 heterocycles. The van der Waals surface area contributed by atoms with Crippen LogP contribution in [0, 0.1) is 0 Å². The van der Waals surface area contributed by atoms with Gasteiger partial charge in [-0.1, -0.05) is 95.3 Å². The predicted molar refractivity (Wildman–Crippen MR) is 200 cm³/mol. The minimum absolute atomic E-state index is 0.0906. The van der Waals surface area contributed by atoms with Gasteiger partial charge in [-0.25, -0.2) is 0 Å². The molecular formula is C40H59B2NO4. The van der Waals surface area contributed by atoms with Crippen molar-refractivity contribution in [1.29, 1.82) is 0 Å². The summed E-state index contributed by atoms with van der Waals surface area (Å²) >= 11 is 0. The van der Waals surface area contributed by atoms with Gasteiger partial charge >= 0.3 is 14.2 Å². The molecule has 0 bridgehead atoms. The van der Waals surface area contributed by atoms with Crippen LogP contribution in [0.15, 0.2) is 72.8 Å². The Balaban J connectivity index is 0.00000245. The van der Waals surface area contributed by atoms with Crippen LogP contribution in [0.1, 0.15) is 133 Å². The van der Waals surface area contributed by atoms with E-state index < -0.39 is 0 Å². The molecule has 5 rings (SSSR count). The van der Waals surface area contributed by atoms with E-state index in [2.05, 4.69) is 168 Å². The maximum absolute atomic E-state index is 6.32. The van der Waals surface area contributed by atoms with Crippen molar-refractivity contribution >= 4 is 30.8 Å². The molecule has 0 saturated carbocycles. The lowest BCUT2D eigenvalue weighted by atomic mass is 9.78. The van der Waals surface area contributed by atoms with E-state index in [-0.39, 0.29) is 54.1 Å². The SMILES string of the molecule is CC.CC(c1ccc(B2OC(C)(C)C(C)(C)O2)cc1)N(c1ccc(C(C)(C)C)cc1)C(C)c1ccc(B2OC(C)(C)C(C)(C)O2)cc1. The molecule has 3 aromatic rings. The van der Waals surface area contributed by atoms with E-state index in [9.17, 15) is 0 Å². The number of nitrogens with zero attached hydrogens (tertiary/aromatic N) is 1. The molecule has 2 aliphatic rings. The molecule has 2 aliphatic heterocycles. The van der Waals surface area contributed by atoms with Gasteiger partial charge < -0.3 is 23.5 Å². The molecule has 0 spiro atoms. The molecule has 0 amide bonds. The average molecular weight is 640 g/mol. The van der Waals surface area contributed by atoms with Gasteiger partial charge in [0, 0.05) is 5.69 Å². The van der Waals surface area contributed by atoms with E-state index in [1.165, 1.54) is 22.4 Å². The van der Waals surface area contributed by atoms with Gasteiger partial charge in [-0.3, -0.25) is 0 Å². The summed E-state index contributed by atoms with van der Waals surface area (Å²) in [5.74, 6) is 0. The van der Waals surface area contributed by atoms with Crippen molar-refractivity contribution in [3.63, 3.8) is 0 Å². The molecule has 2 saturated heterocycles. The van der Waals surface area contributed by atoms with Crippen LogP contribution in [0.5, 0.6) is 0 Å². The summed E-state index contributed by atoms with van der Waals surface area (Å²) in [6.07, 6.45) is 0. The number of rotatable bonds is 7. The summed E-state index contributed by atoms with van der Waals surface area (Å²) in [7, 11) is -0.747. The molecule has 7 heteroatoms. The maximum atomic E-state index is 6.32. The third-order valence-corrected chi connectivity index (χ3v) is 10.8. The highest BCUT2D eigenvalue weighted by atomic mass is 16.7. The van der Waals surface area contributed by atoms with Crippen molar-refractivity contribution in [1.82, 2.24) is 0 Å². The van der Waals surface area contributed by atoms with Crippen LogP contribution < -0.4 is 15.8 Å². The number of benzene rings is 3. The normalized spacial score (nSPS) is 20.7. The fourth-order valence-electron chi connectivity index (χ4n) is 6.06. The minimum Gasteiger partial charge on any atom is -0.399 e. The van der Waals surface area contributed by atoms with Crippen LogP contribution in [-0.2, 0) is 24.0 Å². The number of anilines is 1. The van der Waals surface area contributed by atoms with Gasteiger partial charge in [0.15, 0.2) is 0 Å². The zero-order chi connectivity index (χ0) is 35.2. The number of hydrogen-bond donors (Lipinski definition) is 0. The van der Waals surface area contributed by atoms with Gasteiger partial charge in [0.25, 0.3) is 0 Å². The van der Waals surface area contributed by atoms with Crippen molar-refractivity contribution in [2.24, 2.45) is 0 Å². The quantitative estimate of drug-likeness (QED) is 0.242. The van der Waals surface area contributed by atoms with E-state index in [4.69, 9.17) is 18.6 Å². The fourth-order valence-corrected chi connectivity index (χ4v) is 6.06. The Hall–Kier alpha value is -2.57. The molecular weight excluding hydrogens is 580 g/mol. The monoisotopic (exact) mass is 639 g/mol. The highest BCUT2D eigenvalue weighted by molar-refractivity contribution is 6.62. The first-order chi connectivity index (χ1) is 21.7. The van der Waals surface area contributed by atoms with Gasteiger partial charge in [-0.2, -0.15) is 0 Å². The third kappa shape index (κ3) is 7.54. The van der Waals surface area contributed by atoms with Crippen LogP contribution >= 0.6 is 0 Å². The Bertz CT molecular complexity index is 1360. The zero-order valence-electron chi connectivity index (χ0n) is 31.8. The number of hydrogen-bond acceptors (Lipinski definition) is 5. The van der Waals surface area contributed by atoms with Gasteiger partial charge in [-0.15, -0.1) is 0 Å². The molecule has 3 aromatic carbocycles. The second-order valence-electron chi connectivity index (χ2n) is 16.1.